The number of alkyl halides is 2. The van der Waals surface area contributed by atoms with Crippen LogP contribution in [0.1, 0.15) is 59.3 Å². The van der Waals surface area contributed by atoms with Crippen LogP contribution in [0.5, 0.6) is 0 Å². The predicted molar refractivity (Wildman–Crippen MR) is 136 cm³/mol. The van der Waals surface area contributed by atoms with Crippen LogP contribution in [0.15, 0.2) is 60.8 Å². The lowest BCUT2D eigenvalue weighted by Crippen LogP contribution is -2.44. The first-order valence-electron chi connectivity index (χ1n) is 12.3. The van der Waals surface area contributed by atoms with E-state index in [2.05, 4.69) is 10.3 Å². The highest BCUT2D eigenvalue weighted by Crippen LogP contribution is 2.45. The number of carbonyl (C=O) groups excluding carboxylic acids is 2. The standard InChI is InChI=1S/C28H25ClF3N3O3/c29-18-13-21(24(25(31)32)33-14-18)26(36)34-20-10-8-16(9-11-20)15-35-23-7-2-1-6-22(23)28(38,27(35)37)17-4-3-5-19(30)12-17/h1-7,12-14,16,20,25,38H,8-11,15H2,(H,34,36)/t16-,20-,28?. The number of pyridine rings is 1. The van der Waals surface area contributed by atoms with Crippen LogP contribution < -0.4 is 10.2 Å². The molecule has 0 bridgehead atoms. The average Bonchev–Trinajstić information content (AvgIpc) is 3.12. The maximum atomic E-state index is 14.0. The number of hydrogen-bond acceptors (Lipinski definition) is 4. The first-order chi connectivity index (χ1) is 18.2. The van der Waals surface area contributed by atoms with E-state index in [4.69, 9.17) is 11.6 Å². The largest absolute Gasteiger partial charge is 0.372 e. The zero-order chi connectivity index (χ0) is 27.0. The molecule has 1 aliphatic heterocycles. The second-order valence-corrected chi connectivity index (χ2v) is 10.2. The maximum absolute atomic E-state index is 14.0. The van der Waals surface area contributed by atoms with Crippen LogP contribution >= 0.6 is 11.6 Å². The van der Waals surface area contributed by atoms with Gasteiger partial charge in [-0.3, -0.25) is 14.6 Å². The van der Waals surface area contributed by atoms with Gasteiger partial charge in [-0.05, 0) is 55.9 Å². The molecule has 198 valence electrons. The van der Waals surface area contributed by atoms with E-state index in [0.29, 0.717) is 43.5 Å². The van der Waals surface area contributed by atoms with E-state index in [-0.39, 0.29) is 28.1 Å². The minimum absolute atomic E-state index is 0.0829. The molecule has 0 saturated heterocycles. The summed E-state index contributed by atoms with van der Waals surface area (Å²) in [6, 6.07) is 13.3. The van der Waals surface area contributed by atoms with Gasteiger partial charge in [0, 0.05) is 29.9 Å². The topological polar surface area (TPSA) is 82.5 Å². The van der Waals surface area contributed by atoms with Crippen LogP contribution in [0, 0.1) is 11.7 Å². The van der Waals surface area contributed by atoms with Crippen LogP contribution in [-0.4, -0.2) is 34.5 Å². The number of carbonyl (C=O) groups is 2. The van der Waals surface area contributed by atoms with Crippen molar-refractivity contribution in [1.29, 1.82) is 0 Å². The molecule has 1 aromatic heterocycles. The van der Waals surface area contributed by atoms with Gasteiger partial charge < -0.3 is 15.3 Å². The number of nitrogens with zero attached hydrogens (tertiary/aromatic N) is 2. The lowest BCUT2D eigenvalue weighted by atomic mass is 9.85. The Morgan fingerprint density at radius 1 is 1.13 bits per heavy atom. The van der Waals surface area contributed by atoms with Crippen molar-refractivity contribution >= 4 is 29.1 Å². The van der Waals surface area contributed by atoms with Crippen LogP contribution in [0.3, 0.4) is 0 Å². The van der Waals surface area contributed by atoms with Gasteiger partial charge in [0.1, 0.15) is 11.5 Å². The molecular weight excluding hydrogens is 519 g/mol. The first kappa shape index (κ1) is 26.2. The van der Waals surface area contributed by atoms with Crippen molar-refractivity contribution < 1.29 is 27.9 Å². The fourth-order valence-electron chi connectivity index (χ4n) is 5.42. The number of para-hydroxylation sites is 1. The molecule has 0 radical (unpaired) electrons. The number of hydrogen-bond donors (Lipinski definition) is 2. The molecule has 2 N–H and O–H groups in total. The molecule has 2 aliphatic rings. The SMILES string of the molecule is O=C(N[C@H]1CC[C@H](CN2C(=O)C(O)(c3cccc(F)c3)c3ccccc32)CC1)c1cc(Cl)cnc1C(F)F. The molecule has 2 heterocycles. The number of aromatic nitrogens is 1. The lowest BCUT2D eigenvalue weighted by Gasteiger charge is -2.32. The Morgan fingerprint density at radius 2 is 1.87 bits per heavy atom. The lowest BCUT2D eigenvalue weighted by molar-refractivity contribution is -0.132. The fraction of sp³-hybridized carbons (Fsp3) is 0.321. The Hall–Kier alpha value is -3.43. The van der Waals surface area contributed by atoms with Crippen molar-refractivity contribution in [1.82, 2.24) is 10.3 Å². The van der Waals surface area contributed by atoms with Crippen molar-refractivity contribution in [2.75, 3.05) is 11.4 Å². The second-order valence-electron chi connectivity index (χ2n) is 9.73. The van der Waals surface area contributed by atoms with Crippen molar-refractivity contribution in [2.24, 2.45) is 5.92 Å². The minimum Gasteiger partial charge on any atom is -0.372 e. The highest BCUT2D eigenvalue weighted by molar-refractivity contribution is 6.30. The zero-order valence-corrected chi connectivity index (χ0v) is 21.0. The summed E-state index contributed by atoms with van der Waals surface area (Å²) in [6.07, 6.45) is 0.697. The third-order valence-corrected chi connectivity index (χ3v) is 7.55. The third-order valence-electron chi connectivity index (χ3n) is 7.34. The quantitative estimate of drug-likeness (QED) is 0.437. The molecule has 5 rings (SSSR count). The highest BCUT2D eigenvalue weighted by Gasteiger charge is 2.51. The summed E-state index contributed by atoms with van der Waals surface area (Å²) in [5.41, 5.74) is -1.70. The molecule has 0 spiro atoms. The van der Waals surface area contributed by atoms with Gasteiger partial charge in [-0.2, -0.15) is 0 Å². The van der Waals surface area contributed by atoms with E-state index < -0.39 is 35.4 Å². The molecule has 6 nitrogen and oxygen atoms in total. The van der Waals surface area contributed by atoms with Gasteiger partial charge in [0.15, 0.2) is 5.60 Å². The summed E-state index contributed by atoms with van der Waals surface area (Å²) < 4.78 is 40.6. The molecule has 3 aromatic rings. The minimum atomic E-state index is -2.91. The van der Waals surface area contributed by atoms with Gasteiger partial charge in [0.05, 0.1) is 16.3 Å². The summed E-state index contributed by atoms with van der Waals surface area (Å²) in [4.78, 5) is 31.4. The van der Waals surface area contributed by atoms with Crippen LogP contribution in [0.25, 0.3) is 0 Å². The summed E-state index contributed by atoms with van der Waals surface area (Å²) in [5.74, 6) is -1.65. The molecule has 1 unspecified atom stereocenters. The Kier molecular flexibility index (Phi) is 7.15. The molecule has 1 saturated carbocycles. The van der Waals surface area contributed by atoms with E-state index in [1.165, 1.54) is 30.3 Å². The number of aliphatic hydroxyl groups is 1. The average molecular weight is 544 g/mol. The monoisotopic (exact) mass is 543 g/mol. The van der Waals surface area contributed by atoms with E-state index >= 15 is 0 Å². The molecule has 1 fully saturated rings. The van der Waals surface area contributed by atoms with Crippen LogP contribution in [-0.2, 0) is 10.4 Å². The number of nitrogens with one attached hydrogen (secondary N) is 1. The molecule has 2 amide bonds. The number of fused-ring (bicyclic) bond motifs is 1. The van der Waals surface area contributed by atoms with E-state index in [1.54, 1.807) is 29.2 Å². The number of halogens is 4. The Balaban J connectivity index is 1.27. The summed E-state index contributed by atoms with van der Waals surface area (Å²) >= 11 is 5.87. The van der Waals surface area contributed by atoms with Crippen LogP contribution in [0.4, 0.5) is 18.9 Å². The summed E-state index contributed by atoms with van der Waals surface area (Å²) in [7, 11) is 0. The summed E-state index contributed by atoms with van der Waals surface area (Å²) in [6.45, 7) is 0.349. The van der Waals surface area contributed by atoms with Crippen molar-refractivity contribution in [3.8, 4) is 0 Å². The van der Waals surface area contributed by atoms with Crippen molar-refractivity contribution in [3.63, 3.8) is 0 Å². The zero-order valence-electron chi connectivity index (χ0n) is 20.2. The number of benzene rings is 2. The van der Waals surface area contributed by atoms with Gasteiger partial charge in [-0.1, -0.05) is 41.9 Å². The predicted octanol–water partition coefficient (Wildman–Crippen LogP) is 5.38. The smallest absolute Gasteiger partial charge is 0.281 e. The normalized spacial score (nSPS) is 23.0. The fourth-order valence-corrected chi connectivity index (χ4v) is 5.58. The second kappa shape index (κ2) is 10.4. The molecule has 1 atom stereocenters. The molecule has 1 aliphatic carbocycles. The number of rotatable bonds is 6. The van der Waals surface area contributed by atoms with Gasteiger partial charge in [-0.15, -0.1) is 0 Å². The third kappa shape index (κ3) is 4.76. The Morgan fingerprint density at radius 3 is 2.58 bits per heavy atom. The van der Waals surface area contributed by atoms with Gasteiger partial charge in [0.25, 0.3) is 18.2 Å². The van der Waals surface area contributed by atoms with Gasteiger partial charge >= 0.3 is 0 Å². The molecule has 10 heteroatoms. The molecule has 38 heavy (non-hydrogen) atoms. The highest BCUT2D eigenvalue weighted by atomic mass is 35.5. The summed E-state index contributed by atoms with van der Waals surface area (Å²) in [5, 5.41) is 14.5. The van der Waals surface area contributed by atoms with E-state index in [0.717, 1.165) is 6.20 Å². The van der Waals surface area contributed by atoms with E-state index in [9.17, 15) is 27.9 Å². The maximum Gasteiger partial charge on any atom is 0.281 e. The van der Waals surface area contributed by atoms with Gasteiger partial charge in [0.2, 0.25) is 0 Å². The first-order valence-corrected chi connectivity index (χ1v) is 12.7. The van der Waals surface area contributed by atoms with Crippen molar-refractivity contribution in [2.45, 2.75) is 43.8 Å². The van der Waals surface area contributed by atoms with E-state index in [1.807, 2.05) is 0 Å². The molecule has 2 aromatic carbocycles. The Labute approximate surface area is 222 Å². The van der Waals surface area contributed by atoms with Crippen molar-refractivity contribution in [3.05, 3.63) is 94.0 Å². The molecular formula is C28H25ClF3N3O3. The number of anilines is 1. The van der Waals surface area contributed by atoms with Gasteiger partial charge in [-0.25, -0.2) is 13.2 Å². The number of amides is 2. The Bertz CT molecular complexity index is 1380. The van der Waals surface area contributed by atoms with Crippen LogP contribution in [0.2, 0.25) is 5.02 Å².